The van der Waals surface area contributed by atoms with Crippen molar-refractivity contribution in [2.45, 2.75) is 44.7 Å². The molecule has 0 aliphatic carbocycles. The zero-order valence-corrected chi connectivity index (χ0v) is 22.9. The number of hydrogen-bond donors (Lipinski definition) is 1. The lowest BCUT2D eigenvalue weighted by atomic mass is 10.0. The first-order chi connectivity index (χ1) is 19.9. The van der Waals surface area contributed by atoms with E-state index in [-0.39, 0.29) is 25.7 Å². The highest BCUT2D eigenvalue weighted by atomic mass is 16.4. The molecule has 5 rings (SSSR count). The van der Waals surface area contributed by atoms with E-state index in [1.54, 1.807) is 4.90 Å². The lowest BCUT2D eigenvalue weighted by molar-refractivity contribution is -0.149. The van der Waals surface area contributed by atoms with Gasteiger partial charge in [0.05, 0.1) is 6.04 Å². The van der Waals surface area contributed by atoms with E-state index >= 15 is 0 Å². The SMILES string of the molecule is CC(c1ccccc1)N(Cc1ccccc1)C(=O)[C@H]1[C@@H](C(=O)O)N(Cc2ccccc2)C(=O)N1Cc1ccccc1. The number of urea groups is 1. The molecule has 0 saturated carbocycles. The Hall–Kier alpha value is -4.91. The van der Waals surface area contributed by atoms with Crippen molar-refractivity contribution in [3.8, 4) is 0 Å². The summed E-state index contributed by atoms with van der Waals surface area (Å²) in [6, 6.07) is 34.4. The van der Waals surface area contributed by atoms with Gasteiger partial charge in [0.1, 0.15) is 6.04 Å². The molecule has 1 unspecified atom stereocenters. The third-order valence-corrected chi connectivity index (χ3v) is 7.59. The molecule has 0 spiro atoms. The molecule has 4 aromatic rings. The van der Waals surface area contributed by atoms with Crippen LogP contribution in [0.15, 0.2) is 121 Å². The van der Waals surface area contributed by atoms with Gasteiger partial charge >= 0.3 is 12.0 Å². The predicted molar refractivity (Wildman–Crippen MR) is 156 cm³/mol. The Morgan fingerprint density at radius 1 is 0.683 bits per heavy atom. The van der Waals surface area contributed by atoms with E-state index in [1.807, 2.05) is 128 Å². The van der Waals surface area contributed by atoms with Gasteiger partial charge in [-0.3, -0.25) is 4.79 Å². The summed E-state index contributed by atoms with van der Waals surface area (Å²) in [7, 11) is 0. The Morgan fingerprint density at radius 3 is 1.56 bits per heavy atom. The molecule has 41 heavy (non-hydrogen) atoms. The van der Waals surface area contributed by atoms with Crippen molar-refractivity contribution in [1.29, 1.82) is 0 Å². The van der Waals surface area contributed by atoms with Crippen LogP contribution in [-0.2, 0) is 29.2 Å². The Balaban J connectivity index is 1.57. The van der Waals surface area contributed by atoms with Gasteiger partial charge in [0.25, 0.3) is 0 Å². The van der Waals surface area contributed by atoms with Crippen molar-refractivity contribution in [3.63, 3.8) is 0 Å². The van der Waals surface area contributed by atoms with Crippen LogP contribution in [0.3, 0.4) is 0 Å². The molecule has 1 aliphatic rings. The predicted octanol–water partition coefficient (Wildman–Crippen LogP) is 5.74. The van der Waals surface area contributed by atoms with Crippen molar-refractivity contribution < 1.29 is 19.5 Å². The summed E-state index contributed by atoms with van der Waals surface area (Å²) in [5.41, 5.74) is 3.44. The Kier molecular flexibility index (Phi) is 8.44. The smallest absolute Gasteiger partial charge is 0.329 e. The fourth-order valence-electron chi connectivity index (χ4n) is 5.44. The van der Waals surface area contributed by atoms with Crippen molar-refractivity contribution in [2.24, 2.45) is 0 Å². The minimum atomic E-state index is -1.36. The van der Waals surface area contributed by atoms with Crippen molar-refractivity contribution in [2.75, 3.05) is 0 Å². The summed E-state index contributed by atoms with van der Waals surface area (Å²) in [6.45, 7) is 2.40. The van der Waals surface area contributed by atoms with Gasteiger partial charge < -0.3 is 19.8 Å². The van der Waals surface area contributed by atoms with Gasteiger partial charge in [-0.1, -0.05) is 121 Å². The maximum Gasteiger partial charge on any atom is 0.329 e. The molecule has 7 heteroatoms. The van der Waals surface area contributed by atoms with E-state index in [4.69, 9.17) is 0 Å². The molecule has 0 bridgehead atoms. The van der Waals surface area contributed by atoms with Crippen LogP contribution in [0.25, 0.3) is 0 Å². The van der Waals surface area contributed by atoms with Crippen LogP contribution in [0.1, 0.15) is 35.2 Å². The van der Waals surface area contributed by atoms with Gasteiger partial charge in [0.2, 0.25) is 5.91 Å². The van der Waals surface area contributed by atoms with Gasteiger partial charge in [-0.25, -0.2) is 9.59 Å². The Labute approximate surface area is 240 Å². The zero-order chi connectivity index (χ0) is 28.8. The molecule has 1 N–H and O–H groups in total. The third kappa shape index (κ3) is 6.14. The first-order valence-corrected chi connectivity index (χ1v) is 13.7. The average Bonchev–Trinajstić information content (AvgIpc) is 3.28. The van der Waals surface area contributed by atoms with E-state index in [0.29, 0.717) is 0 Å². The summed E-state index contributed by atoms with van der Waals surface area (Å²) >= 11 is 0. The Bertz CT molecular complexity index is 1470. The van der Waals surface area contributed by atoms with Crippen LogP contribution < -0.4 is 0 Å². The van der Waals surface area contributed by atoms with Crippen LogP contribution in [0.5, 0.6) is 0 Å². The number of hydrogen-bond acceptors (Lipinski definition) is 3. The first kappa shape index (κ1) is 27.6. The summed E-state index contributed by atoms with van der Waals surface area (Å²) in [4.78, 5) is 46.0. The van der Waals surface area contributed by atoms with Gasteiger partial charge in [-0.2, -0.15) is 0 Å². The number of benzene rings is 4. The monoisotopic (exact) mass is 547 g/mol. The highest BCUT2D eigenvalue weighted by Gasteiger charge is 2.54. The molecule has 1 aliphatic heterocycles. The molecule has 3 atom stereocenters. The number of rotatable bonds is 10. The largest absolute Gasteiger partial charge is 0.480 e. The minimum absolute atomic E-state index is 0.0820. The van der Waals surface area contributed by atoms with Gasteiger partial charge in [0.15, 0.2) is 6.04 Å². The molecule has 7 nitrogen and oxygen atoms in total. The number of carbonyl (C=O) groups is 3. The highest BCUT2D eigenvalue weighted by Crippen LogP contribution is 2.32. The second-order valence-corrected chi connectivity index (χ2v) is 10.3. The third-order valence-electron chi connectivity index (χ3n) is 7.59. The number of carboxylic acids is 1. The molecule has 208 valence electrons. The van der Waals surface area contributed by atoms with E-state index < -0.39 is 30.0 Å². The fourth-order valence-corrected chi connectivity index (χ4v) is 5.44. The molecule has 0 radical (unpaired) electrons. The minimum Gasteiger partial charge on any atom is -0.480 e. The second kappa shape index (κ2) is 12.5. The molecule has 1 saturated heterocycles. The van der Waals surface area contributed by atoms with Gasteiger partial charge in [0, 0.05) is 19.6 Å². The van der Waals surface area contributed by atoms with Crippen LogP contribution in [0.4, 0.5) is 4.79 Å². The molecule has 1 fully saturated rings. The van der Waals surface area contributed by atoms with Crippen LogP contribution in [0, 0.1) is 0 Å². The standard InChI is InChI=1S/C34H33N3O4/c1-25(29-20-12-5-13-21-29)35(22-26-14-6-2-7-15-26)32(38)30-31(33(39)40)37(24-28-18-10-4-11-19-28)34(41)36(30)23-27-16-8-3-9-17-27/h2-21,25,30-31H,22-24H2,1H3,(H,39,40)/t25?,30-,31+/m1/s1. The second-order valence-electron chi connectivity index (χ2n) is 10.3. The number of amides is 3. The maximum atomic E-state index is 14.7. The molecular weight excluding hydrogens is 514 g/mol. The maximum absolute atomic E-state index is 14.7. The Morgan fingerprint density at radius 2 is 1.10 bits per heavy atom. The number of nitrogens with zero attached hydrogens (tertiary/aromatic N) is 3. The van der Waals surface area contributed by atoms with Crippen molar-refractivity contribution in [3.05, 3.63) is 144 Å². The van der Waals surface area contributed by atoms with Crippen LogP contribution in [-0.4, -0.2) is 49.8 Å². The van der Waals surface area contributed by atoms with E-state index in [9.17, 15) is 19.5 Å². The number of aliphatic carboxylic acids is 1. The molecule has 1 heterocycles. The molecule has 4 aromatic carbocycles. The first-order valence-electron chi connectivity index (χ1n) is 13.7. The topological polar surface area (TPSA) is 81.2 Å². The van der Waals surface area contributed by atoms with Crippen molar-refractivity contribution >= 4 is 17.9 Å². The normalized spacial score (nSPS) is 17.3. The van der Waals surface area contributed by atoms with E-state index in [1.165, 1.54) is 9.80 Å². The van der Waals surface area contributed by atoms with Crippen LogP contribution >= 0.6 is 0 Å². The number of carbonyl (C=O) groups excluding carboxylic acids is 2. The lowest BCUT2D eigenvalue weighted by Gasteiger charge is -2.35. The molecule has 0 aromatic heterocycles. The van der Waals surface area contributed by atoms with E-state index in [2.05, 4.69) is 0 Å². The summed E-state index contributed by atoms with van der Waals surface area (Å²) in [5.74, 6) is -1.62. The summed E-state index contributed by atoms with van der Waals surface area (Å²) in [6.07, 6.45) is 0. The van der Waals surface area contributed by atoms with Crippen LogP contribution in [0.2, 0.25) is 0 Å². The number of carboxylic acid groups (broad SMARTS) is 1. The summed E-state index contributed by atoms with van der Waals surface area (Å²) in [5, 5.41) is 10.5. The average molecular weight is 548 g/mol. The fraction of sp³-hybridized carbons (Fsp3) is 0.206. The van der Waals surface area contributed by atoms with Gasteiger partial charge in [-0.15, -0.1) is 0 Å². The van der Waals surface area contributed by atoms with E-state index in [0.717, 1.165) is 22.3 Å². The highest BCUT2D eigenvalue weighted by molar-refractivity contribution is 5.98. The quantitative estimate of drug-likeness (QED) is 0.275. The zero-order valence-electron chi connectivity index (χ0n) is 22.9. The summed E-state index contributed by atoms with van der Waals surface area (Å²) < 4.78 is 0. The molecular formula is C34H33N3O4. The van der Waals surface area contributed by atoms with Gasteiger partial charge in [-0.05, 0) is 29.2 Å². The molecule has 3 amide bonds. The van der Waals surface area contributed by atoms with Crippen molar-refractivity contribution in [1.82, 2.24) is 14.7 Å². The lowest BCUT2D eigenvalue weighted by Crippen LogP contribution is -2.53.